The average Bonchev–Trinajstić information content (AvgIpc) is 3.48. The van der Waals surface area contributed by atoms with Gasteiger partial charge in [-0.3, -0.25) is 0 Å². The van der Waals surface area contributed by atoms with Gasteiger partial charge in [-0.2, -0.15) is 0 Å². The second kappa shape index (κ2) is 12.7. The van der Waals surface area contributed by atoms with Gasteiger partial charge in [-0.05, 0) is 145 Å². The third-order valence-electron chi connectivity index (χ3n) is 12.8. The molecule has 3 heteroatoms. The highest BCUT2D eigenvalue weighted by atomic mass is 15.2. The lowest BCUT2D eigenvalue weighted by molar-refractivity contribution is 0.392. The maximum Gasteiger partial charge on any atom is 0.252 e. The Bertz CT molecular complexity index is 2690. The molecular formula is C54H59BN2. The van der Waals surface area contributed by atoms with Crippen LogP contribution in [0.2, 0.25) is 0 Å². The molecule has 288 valence electrons. The van der Waals surface area contributed by atoms with Crippen molar-refractivity contribution in [3.63, 3.8) is 0 Å². The third kappa shape index (κ3) is 6.33. The van der Waals surface area contributed by atoms with Gasteiger partial charge in [-0.1, -0.05) is 143 Å². The van der Waals surface area contributed by atoms with Crippen molar-refractivity contribution in [2.45, 2.75) is 112 Å². The van der Waals surface area contributed by atoms with Crippen molar-refractivity contribution in [3.8, 4) is 11.1 Å². The first-order chi connectivity index (χ1) is 28.0. The van der Waals surface area contributed by atoms with Gasteiger partial charge in [-0.25, -0.2) is 0 Å². The molecule has 0 fully saturated rings. The quantitative estimate of drug-likeness (QED) is 0.166. The van der Waals surface area contributed by atoms with Gasteiger partial charge in [0, 0.05) is 38.1 Å². The standard InChI is InChI=1S/C54H59BN2/c1-34-25-48-50-49(26-34)57(45-24-22-39(52(5,6)7)30-42(45)35-17-14-13-15-18-35)46-28-37-33-54(11,12)32-36(37)27-44(46)55(50)43-23-21-40(53(8,9)10)31-47(43)56(48)41-20-16-19-38(29-41)51(2,3)4/h13-31H,32-33H2,1-12H3/i1D3. The highest BCUT2D eigenvalue weighted by Gasteiger charge is 2.45. The Balaban J connectivity index is 1.44. The van der Waals surface area contributed by atoms with Crippen LogP contribution < -0.4 is 26.2 Å². The van der Waals surface area contributed by atoms with Crippen LogP contribution in [0, 0.1) is 12.3 Å². The number of rotatable bonds is 3. The second-order valence-corrected chi connectivity index (χ2v) is 20.9. The van der Waals surface area contributed by atoms with E-state index in [1.807, 2.05) is 12.1 Å². The van der Waals surface area contributed by atoms with Crippen molar-refractivity contribution < 1.29 is 4.11 Å². The molecule has 2 aliphatic heterocycles. The highest BCUT2D eigenvalue weighted by molar-refractivity contribution is 7.00. The van der Waals surface area contributed by atoms with Crippen LogP contribution in [0.1, 0.15) is 114 Å². The van der Waals surface area contributed by atoms with E-state index in [-0.39, 0.29) is 28.4 Å². The molecule has 0 saturated heterocycles. The topological polar surface area (TPSA) is 6.48 Å². The molecule has 2 nitrogen and oxygen atoms in total. The first kappa shape index (κ1) is 34.1. The van der Waals surface area contributed by atoms with E-state index in [4.69, 9.17) is 4.11 Å². The molecule has 0 saturated carbocycles. The smallest absolute Gasteiger partial charge is 0.252 e. The summed E-state index contributed by atoms with van der Waals surface area (Å²) in [5.74, 6) is 0. The van der Waals surface area contributed by atoms with E-state index < -0.39 is 6.85 Å². The lowest BCUT2D eigenvalue weighted by Crippen LogP contribution is -2.61. The fourth-order valence-corrected chi connectivity index (χ4v) is 9.71. The zero-order chi connectivity index (χ0) is 42.9. The SMILES string of the molecule is [2H]C([2H])([2H])c1cc2c3c(c1)N(c1ccc(C(C)(C)C)cc1-c1ccccc1)c1cc4c(cc1B3c1ccc(C(C)(C)C)cc1N2c1cccc(C(C)(C)C)c1)CC(C)(C)C4. The van der Waals surface area contributed by atoms with Crippen LogP contribution in [0.3, 0.4) is 0 Å². The summed E-state index contributed by atoms with van der Waals surface area (Å²) in [6.45, 7) is 22.7. The summed E-state index contributed by atoms with van der Waals surface area (Å²) in [6, 6.07) is 42.5. The largest absolute Gasteiger partial charge is 0.311 e. The van der Waals surface area contributed by atoms with E-state index in [0.29, 0.717) is 5.56 Å². The number of aryl methyl sites for hydroxylation is 1. The van der Waals surface area contributed by atoms with E-state index in [0.717, 1.165) is 63.6 Å². The fraction of sp³-hybridized carbons (Fsp3) is 0.333. The normalized spacial score (nSPS) is 16.6. The van der Waals surface area contributed by atoms with Gasteiger partial charge in [0.15, 0.2) is 0 Å². The average molecular weight is 750 g/mol. The van der Waals surface area contributed by atoms with Crippen LogP contribution in [0.5, 0.6) is 0 Å². The predicted octanol–water partition coefficient (Wildman–Crippen LogP) is 12.8. The molecular weight excluding hydrogens is 687 g/mol. The first-order valence-electron chi connectivity index (χ1n) is 22.4. The van der Waals surface area contributed by atoms with Crippen LogP contribution in [-0.4, -0.2) is 6.71 Å². The zero-order valence-electron chi connectivity index (χ0n) is 38.9. The van der Waals surface area contributed by atoms with Crippen molar-refractivity contribution in [1.82, 2.24) is 0 Å². The molecule has 0 spiro atoms. The van der Waals surface area contributed by atoms with Crippen molar-refractivity contribution in [1.29, 1.82) is 0 Å². The summed E-state index contributed by atoms with van der Waals surface area (Å²) < 4.78 is 27.0. The number of hydrogen-bond donors (Lipinski definition) is 0. The van der Waals surface area contributed by atoms with Crippen LogP contribution >= 0.6 is 0 Å². The molecule has 3 aliphatic rings. The molecule has 0 amide bonds. The van der Waals surface area contributed by atoms with Gasteiger partial charge < -0.3 is 9.80 Å². The maximum atomic E-state index is 9.01. The van der Waals surface area contributed by atoms with E-state index in [1.54, 1.807) is 0 Å². The molecule has 57 heavy (non-hydrogen) atoms. The van der Waals surface area contributed by atoms with Gasteiger partial charge >= 0.3 is 0 Å². The minimum absolute atomic E-state index is 0.0720. The molecule has 0 radical (unpaired) electrons. The van der Waals surface area contributed by atoms with E-state index in [2.05, 4.69) is 189 Å². The van der Waals surface area contributed by atoms with Crippen LogP contribution in [-0.2, 0) is 29.1 Å². The van der Waals surface area contributed by atoms with Crippen molar-refractivity contribution in [2.75, 3.05) is 9.80 Å². The molecule has 0 atom stereocenters. The Labute approximate surface area is 347 Å². The molecule has 9 rings (SSSR count). The molecule has 6 aromatic carbocycles. The Hall–Kier alpha value is -5.02. The second-order valence-electron chi connectivity index (χ2n) is 20.9. The van der Waals surface area contributed by atoms with Gasteiger partial charge in [0.05, 0.1) is 5.69 Å². The molecule has 0 aromatic heterocycles. The van der Waals surface area contributed by atoms with Crippen molar-refractivity contribution in [3.05, 3.63) is 149 Å². The summed E-state index contributed by atoms with van der Waals surface area (Å²) in [4.78, 5) is 4.81. The first-order valence-corrected chi connectivity index (χ1v) is 20.9. The lowest BCUT2D eigenvalue weighted by atomic mass is 9.33. The molecule has 0 N–H and O–H groups in total. The number of benzene rings is 6. The zero-order valence-corrected chi connectivity index (χ0v) is 35.9. The van der Waals surface area contributed by atoms with Gasteiger partial charge in [-0.15, -0.1) is 0 Å². The Kier molecular flexibility index (Phi) is 7.61. The van der Waals surface area contributed by atoms with Crippen LogP contribution in [0.4, 0.5) is 34.1 Å². The lowest BCUT2D eigenvalue weighted by Gasteiger charge is -2.45. The van der Waals surface area contributed by atoms with Gasteiger partial charge in [0.25, 0.3) is 6.71 Å². The molecule has 1 aliphatic carbocycles. The Morgan fingerprint density at radius 2 is 1.12 bits per heavy atom. The summed E-state index contributed by atoms with van der Waals surface area (Å²) >= 11 is 0. The predicted molar refractivity (Wildman–Crippen MR) is 248 cm³/mol. The molecule has 6 aromatic rings. The van der Waals surface area contributed by atoms with Crippen LogP contribution in [0.25, 0.3) is 11.1 Å². The fourth-order valence-electron chi connectivity index (χ4n) is 9.71. The van der Waals surface area contributed by atoms with E-state index in [9.17, 15) is 0 Å². The van der Waals surface area contributed by atoms with Crippen molar-refractivity contribution in [2.24, 2.45) is 5.41 Å². The summed E-state index contributed by atoms with van der Waals surface area (Å²) in [5, 5.41) is 0. The van der Waals surface area contributed by atoms with Crippen LogP contribution in [0.15, 0.2) is 115 Å². The Morgan fingerprint density at radius 3 is 1.79 bits per heavy atom. The van der Waals surface area contributed by atoms with Gasteiger partial charge in [0.1, 0.15) is 0 Å². The van der Waals surface area contributed by atoms with E-state index >= 15 is 0 Å². The van der Waals surface area contributed by atoms with E-state index in [1.165, 1.54) is 38.7 Å². The number of hydrogen-bond acceptors (Lipinski definition) is 2. The number of anilines is 6. The third-order valence-corrected chi connectivity index (χ3v) is 12.8. The summed E-state index contributed by atoms with van der Waals surface area (Å²) in [7, 11) is 0. The minimum Gasteiger partial charge on any atom is -0.311 e. The van der Waals surface area contributed by atoms with Crippen molar-refractivity contribution >= 4 is 57.2 Å². The molecule has 2 heterocycles. The number of nitrogens with zero attached hydrogens (tertiary/aromatic N) is 2. The molecule has 0 bridgehead atoms. The number of fused-ring (bicyclic) bond motifs is 5. The van der Waals surface area contributed by atoms with Gasteiger partial charge in [0.2, 0.25) is 0 Å². The summed E-state index contributed by atoms with van der Waals surface area (Å²) in [6.07, 6.45) is 2.02. The summed E-state index contributed by atoms with van der Waals surface area (Å²) in [5.41, 5.74) is 18.9. The highest BCUT2D eigenvalue weighted by Crippen LogP contribution is 2.50. The Morgan fingerprint density at radius 1 is 0.526 bits per heavy atom. The maximum absolute atomic E-state index is 9.01. The molecule has 0 unspecified atom stereocenters. The minimum atomic E-state index is -2.35. The monoisotopic (exact) mass is 749 g/mol.